The van der Waals surface area contributed by atoms with Crippen molar-refractivity contribution in [2.75, 3.05) is 0 Å². The molecule has 0 atom stereocenters. The minimum absolute atomic E-state index is 0.138. The van der Waals surface area contributed by atoms with Gasteiger partial charge >= 0.3 is 10.1 Å². The maximum atomic E-state index is 11.8. The lowest BCUT2D eigenvalue weighted by Crippen LogP contribution is -2.20. The lowest BCUT2D eigenvalue weighted by Gasteiger charge is -2.06. The van der Waals surface area contributed by atoms with Crippen molar-refractivity contribution in [1.82, 2.24) is 5.48 Å². The lowest BCUT2D eigenvalue weighted by molar-refractivity contribution is 0.199. The van der Waals surface area contributed by atoms with Gasteiger partial charge in [0.05, 0.1) is 4.90 Å². The molecular weight excluding hydrogens is 262 g/mol. The van der Waals surface area contributed by atoms with Crippen LogP contribution in [-0.4, -0.2) is 8.42 Å². The third-order valence-corrected chi connectivity index (χ3v) is 3.78. The maximum absolute atomic E-state index is 11.8. The summed E-state index contributed by atoms with van der Waals surface area (Å²) in [6, 6.07) is 15.9. The Bertz CT molecular complexity index is 622. The van der Waals surface area contributed by atoms with Crippen molar-refractivity contribution >= 4 is 10.1 Å². The highest BCUT2D eigenvalue weighted by Gasteiger charge is 2.14. The number of aryl methyl sites for hydroxylation is 1. The van der Waals surface area contributed by atoms with Gasteiger partial charge in [-0.1, -0.05) is 48.0 Å². The zero-order chi connectivity index (χ0) is 13.7. The first-order valence-corrected chi connectivity index (χ1v) is 7.26. The van der Waals surface area contributed by atoms with E-state index in [9.17, 15) is 8.42 Å². The van der Waals surface area contributed by atoms with E-state index >= 15 is 0 Å². The molecule has 0 aliphatic carbocycles. The van der Waals surface area contributed by atoms with Gasteiger partial charge in [0.25, 0.3) is 0 Å². The van der Waals surface area contributed by atoms with Gasteiger partial charge in [-0.2, -0.15) is 18.2 Å². The monoisotopic (exact) mass is 277 g/mol. The summed E-state index contributed by atoms with van der Waals surface area (Å²) in [6.45, 7) is 2.22. The molecule has 0 saturated heterocycles. The van der Waals surface area contributed by atoms with Crippen LogP contribution in [0.1, 0.15) is 11.1 Å². The lowest BCUT2D eigenvalue weighted by atomic mass is 10.2. The largest absolute Gasteiger partial charge is 0.312 e. The second kappa shape index (κ2) is 5.97. The van der Waals surface area contributed by atoms with Crippen LogP contribution in [-0.2, 0) is 20.9 Å². The van der Waals surface area contributed by atoms with Crippen molar-refractivity contribution in [3.05, 3.63) is 65.7 Å². The molecule has 0 bridgehead atoms. The van der Waals surface area contributed by atoms with Crippen LogP contribution < -0.4 is 5.48 Å². The van der Waals surface area contributed by atoms with E-state index in [4.69, 9.17) is 4.28 Å². The van der Waals surface area contributed by atoms with Crippen LogP contribution >= 0.6 is 0 Å². The standard InChI is InChI=1S/C14H15NO3S/c1-12-7-9-14(10-8-12)19(16,17)18-15-11-13-5-3-2-4-6-13/h2-10,15H,11H2,1H3. The first-order valence-electron chi connectivity index (χ1n) is 5.85. The molecule has 2 aromatic carbocycles. The molecule has 0 heterocycles. The number of hydroxylamine groups is 1. The van der Waals surface area contributed by atoms with Crippen molar-refractivity contribution in [2.45, 2.75) is 18.4 Å². The summed E-state index contributed by atoms with van der Waals surface area (Å²) in [7, 11) is -3.76. The number of hydrogen-bond donors (Lipinski definition) is 1. The van der Waals surface area contributed by atoms with Crippen LogP contribution in [0, 0.1) is 6.92 Å². The first-order chi connectivity index (χ1) is 9.08. The molecule has 2 rings (SSSR count). The van der Waals surface area contributed by atoms with E-state index in [-0.39, 0.29) is 4.90 Å². The summed E-state index contributed by atoms with van der Waals surface area (Å²) in [4.78, 5) is 0.138. The molecule has 0 unspecified atom stereocenters. The number of benzene rings is 2. The van der Waals surface area contributed by atoms with Crippen LogP contribution in [0.2, 0.25) is 0 Å². The fourth-order valence-electron chi connectivity index (χ4n) is 1.54. The van der Waals surface area contributed by atoms with Crippen LogP contribution in [0.25, 0.3) is 0 Å². The van der Waals surface area contributed by atoms with Crippen LogP contribution in [0.3, 0.4) is 0 Å². The van der Waals surface area contributed by atoms with Crippen LogP contribution in [0.5, 0.6) is 0 Å². The molecule has 5 heteroatoms. The Morgan fingerprint density at radius 2 is 1.63 bits per heavy atom. The van der Waals surface area contributed by atoms with Crippen LogP contribution in [0.15, 0.2) is 59.5 Å². The summed E-state index contributed by atoms with van der Waals surface area (Å²) < 4.78 is 28.5. The molecule has 0 aliphatic rings. The normalized spacial score (nSPS) is 11.4. The fourth-order valence-corrected chi connectivity index (χ4v) is 2.32. The van der Waals surface area contributed by atoms with Crippen LogP contribution in [0.4, 0.5) is 0 Å². The molecule has 0 fully saturated rings. The van der Waals surface area contributed by atoms with Gasteiger partial charge in [-0.25, -0.2) is 0 Å². The van der Waals surface area contributed by atoms with Gasteiger partial charge in [0, 0.05) is 6.54 Å². The molecule has 1 N–H and O–H groups in total. The van der Waals surface area contributed by atoms with Crippen molar-refractivity contribution in [3.63, 3.8) is 0 Å². The maximum Gasteiger partial charge on any atom is 0.312 e. The molecule has 100 valence electrons. The molecule has 4 nitrogen and oxygen atoms in total. The van der Waals surface area contributed by atoms with E-state index in [2.05, 4.69) is 5.48 Å². The smallest absolute Gasteiger partial charge is 0.192 e. The minimum atomic E-state index is -3.76. The zero-order valence-corrected chi connectivity index (χ0v) is 11.4. The van der Waals surface area contributed by atoms with Gasteiger partial charge < -0.3 is 0 Å². The summed E-state index contributed by atoms with van der Waals surface area (Å²) in [5.74, 6) is 0. The Hall–Kier alpha value is -1.69. The third-order valence-electron chi connectivity index (χ3n) is 2.60. The summed E-state index contributed by atoms with van der Waals surface area (Å²) in [5, 5.41) is 0. The molecule has 19 heavy (non-hydrogen) atoms. The van der Waals surface area contributed by atoms with E-state index in [1.54, 1.807) is 12.1 Å². The SMILES string of the molecule is Cc1ccc(S(=O)(=O)ONCc2ccccc2)cc1. The number of nitrogens with one attached hydrogen (secondary N) is 1. The second-order valence-corrected chi connectivity index (χ2v) is 5.70. The van der Waals surface area contributed by atoms with Gasteiger partial charge in [0.1, 0.15) is 0 Å². The Morgan fingerprint density at radius 3 is 2.26 bits per heavy atom. The predicted octanol–water partition coefficient (Wildman–Crippen LogP) is 2.41. The van der Waals surface area contributed by atoms with E-state index in [0.29, 0.717) is 6.54 Å². The minimum Gasteiger partial charge on any atom is -0.192 e. The molecular formula is C14H15NO3S. The zero-order valence-electron chi connectivity index (χ0n) is 10.5. The number of hydrogen-bond acceptors (Lipinski definition) is 4. The van der Waals surface area contributed by atoms with Crippen molar-refractivity contribution in [1.29, 1.82) is 0 Å². The molecule has 0 aromatic heterocycles. The van der Waals surface area contributed by atoms with Gasteiger partial charge in [0.2, 0.25) is 0 Å². The fraction of sp³-hybridized carbons (Fsp3) is 0.143. The first kappa shape index (κ1) is 13.7. The summed E-state index contributed by atoms with van der Waals surface area (Å²) >= 11 is 0. The predicted molar refractivity (Wildman–Crippen MR) is 72.7 cm³/mol. The molecule has 2 aromatic rings. The Balaban J connectivity index is 1.97. The van der Waals surface area contributed by atoms with E-state index < -0.39 is 10.1 Å². The van der Waals surface area contributed by atoms with Gasteiger partial charge in [-0.05, 0) is 24.6 Å². The summed E-state index contributed by atoms with van der Waals surface area (Å²) in [5.41, 5.74) is 4.41. The average molecular weight is 277 g/mol. The topological polar surface area (TPSA) is 55.4 Å². The molecule has 0 spiro atoms. The highest BCUT2D eigenvalue weighted by atomic mass is 32.2. The average Bonchev–Trinajstić information content (AvgIpc) is 2.40. The Kier molecular flexibility index (Phi) is 4.31. The van der Waals surface area contributed by atoms with E-state index in [1.165, 1.54) is 12.1 Å². The highest BCUT2D eigenvalue weighted by molar-refractivity contribution is 7.86. The van der Waals surface area contributed by atoms with Crippen molar-refractivity contribution in [3.8, 4) is 0 Å². The Labute approximate surface area is 113 Å². The van der Waals surface area contributed by atoms with Gasteiger partial charge in [-0.3, -0.25) is 0 Å². The molecule has 0 amide bonds. The van der Waals surface area contributed by atoms with Gasteiger partial charge in [-0.15, -0.1) is 0 Å². The number of rotatable bonds is 5. The summed E-state index contributed by atoms with van der Waals surface area (Å²) in [6.07, 6.45) is 0. The third kappa shape index (κ3) is 3.89. The van der Waals surface area contributed by atoms with Crippen molar-refractivity contribution in [2.24, 2.45) is 0 Å². The quantitative estimate of drug-likeness (QED) is 0.853. The van der Waals surface area contributed by atoms with E-state index in [0.717, 1.165) is 11.1 Å². The molecule has 0 radical (unpaired) electrons. The van der Waals surface area contributed by atoms with Gasteiger partial charge in [0.15, 0.2) is 0 Å². The molecule has 0 aliphatic heterocycles. The van der Waals surface area contributed by atoms with Crippen molar-refractivity contribution < 1.29 is 12.7 Å². The van der Waals surface area contributed by atoms with E-state index in [1.807, 2.05) is 37.3 Å². The molecule has 0 saturated carbocycles. The highest BCUT2D eigenvalue weighted by Crippen LogP contribution is 2.12. The Morgan fingerprint density at radius 1 is 1.00 bits per heavy atom. The second-order valence-electron chi connectivity index (χ2n) is 4.16.